The Balaban J connectivity index is 4.81. The SMILES string of the molecule is CCCCCC(=O)C(CCCCCCCC(C)C)OC(=O)CC(O)(CC(=O)O)C(=O)O. The van der Waals surface area contributed by atoms with Gasteiger partial charge in [0.05, 0.1) is 12.8 Å². The van der Waals surface area contributed by atoms with Crippen LogP contribution in [0.5, 0.6) is 0 Å². The topological polar surface area (TPSA) is 138 Å². The molecule has 2 atom stereocenters. The van der Waals surface area contributed by atoms with Gasteiger partial charge in [0.1, 0.15) is 0 Å². The average Bonchev–Trinajstić information content (AvgIpc) is 2.65. The first-order valence-electron chi connectivity index (χ1n) is 11.4. The lowest BCUT2D eigenvalue weighted by Crippen LogP contribution is -2.44. The van der Waals surface area contributed by atoms with Gasteiger partial charge in [0, 0.05) is 6.42 Å². The number of Topliss-reactive ketones (excluding diaryl/α,β-unsaturated/α-hetero) is 1. The van der Waals surface area contributed by atoms with Crippen LogP contribution in [0.2, 0.25) is 0 Å². The maximum absolute atomic E-state index is 12.5. The second-order valence-electron chi connectivity index (χ2n) is 8.72. The van der Waals surface area contributed by atoms with Crippen molar-refractivity contribution in [2.45, 2.75) is 116 Å². The molecule has 0 fully saturated rings. The summed E-state index contributed by atoms with van der Waals surface area (Å²) in [6, 6.07) is 0. The summed E-state index contributed by atoms with van der Waals surface area (Å²) in [5.74, 6) is -4.01. The monoisotopic (exact) mass is 444 g/mol. The predicted molar refractivity (Wildman–Crippen MR) is 116 cm³/mol. The van der Waals surface area contributed by atoms with Gasteiger partial charge in [-0.05, 0) is 25.2 Å². The number of carbonyl (C=O) groups excluding carboxylic acids is 2. The standard InChI is InChI=1S/C23H40O8/c1-4-5-9-13-18(24)19(14-11-8-6-7-10-12-17(2)3)31-21(27)16-23(30,22(28)29)15-20(25)26/h17,19,30H,4-16H2,1-3H3,(H,25,26)(H,28,29). The highest BCUT2D eigenvalue weighted by Gasteiger charge is 2.42. The van der Waals surface area contributed by atoms with Gasteiger partial charge in [-0.2, -0.15) is 0 Å². The van der Waals surface area contributed by atoms with Gasteiger partial charge in [-0.1, -0.05) is 65.7 Å². The van der Waals surface area contributed by atoms with E-state index in [-0.39, 0.29) is 12.2 Å². The summed E-state index contributed by atoms with van der Waals surface area (Å²) < 4.78 is 5.22. The van der Waals surface area contributed by atoms with E-state index in [2.05, 4.69) is 13.8 Å². The average molecular weight is 445 g/mol. The summed E-state index contributed by atoms with van der Waals surface area (Å²) in [6.45, 7) is 6.38. The number of unbranched alkanes of at least 4 members (excludes halogenated alkanes) is 6. The molecule has 180 valence electrons. The van der Waals surface area contributed by atoms with Crippen molar-refractivity contribution in [3.63, 3.8) is 0 Å². The molecule has 0 aromatic rings. The van der Waals surface area contributed by atoms with Crippen molar-refractivity contribution in [2.24, 2.45) is 5.92 Å². The maximum Gasteiger partial charge on any atom is 0.336 e. The van der Waals surface area contributed by atoms with E-state index in [1.165, 1.54) is 6.42 Å². The third kappa shape index (κ3) is 13.9. The van der Waals surface area contributed by atoms with E-state index in [1.807, 2.05) is 6.92 Å². The van der Waals surface area contributed by atoms with Crippen LogP contribution in [-0.2, 0) is 23.9 Å². The van der Waals surface area contributed by atoms with Gasteiger partial charge in [-0.3, -0.25) is 14.4 Å². The minimum Gasteiger partial charge on any atom is -0.481 e. The summed E-state index contributed by atoms with van der Waals surface area (Å²) in [5.41, 5.74) is -2.77. The van der Waals surface area contributed by atoms with Crippen LogP contribution in [0.25, 0.3) is 0 Å². The van der Waals surface area contributed by atoms with Crippen LogP contribution in [0, 0.1) is 5.92 Å². The predicted octanol–water partition coefficient (Wildman–Crippen LogP) is 4.11. The van der Waals surface area contributed by atoms with Crippen LogP contribution in [-0.4, -0.2) is 50.7 Å². The molecule has 0 aliphatic rings. The number of carboxylic acids is 2. The van der Waals surface area contributed by atoms with Crippen molar-refractivity contribution >= 4 is 23.7 Å². The Hall–Kier alpha value is -1.96. The first kappa shape index (κ1) is 29.0. The van der Waals surface area contributed by atoms with Gasteiger partial charge >= 0.3 is 17.9 Å². The molecule has 0 spiro atoms. The molecule has 0 bridgehead atoms. The summed E-state index contributed by atoms with van der Waals surface area (Å²) in [4.78, 5) is 46.8. The van der Waals surface area contributed by atoms with E-state index >= 15 is 0 Å². The summed E-state index contributed by atoms with van der Waals surface area (Å²) in [7, 11) is 0. The Bertz CT molecular complexity index is 572. The lowest BCUT2D eigenvalue weighted by molar-refractivity contribution is -0.174. The van der Waals surface area contributed by atoms with E-state index in [4.69, 9.17) is 14.9 Å². The number of hydrogen-bond donors (Lipinski definition) is 3. The zero-order valence-electron chi connectivity index (χ0n) is 19.2. The molecule has 3 N–H and O–H groups in total. The molecule has 0 radical (unpaired) electrons. The largest absolute Gasteiger partial charge is 0.481 e. The second-order valence-corrected chi connectivity index (χ2v) is 8.72. The van der Waals surface area contributed by atoms with Crippen LogP contribution in [0.3, 0.4) is 0 Å². The number of aliphatic hydroxyl groups is 1. The lowest BCUT2D eigenvalue weighted by Gasteiger charge is -2.22. The molecule has 31 heavy (non-hydrogen) atoms. The molecule has 0 heterocycles. The number of esters is 1. The number of rotatable bonds is 19. The van der Waals surface area contributed by atoms with Crippen LogP contribution in [0.1, 0.15) is 104 Å². The van der Waals surface area contributed by atoms with Gasteiger partial charge in [0.2, 0.25) is 0 Å². The van der Waals surface area contributed by atoms with Crippen molar-refractivity contribution in [1.82, 2.24) is 0 Å². The number of hydrogen-bond acceptors (Lipinski definition) is 6. The molecule has 0 aliphatic heterocycles. The quantitative estimate of drug-likeness (QED) is 0.200. The van der Waals surface area contributed by atoms with Gasteiger partial charge in [-0.25, -0.2) is 4.79 Å². The number of carbonyl (C=O) groups is 4. The Labute approximate surface area is 185 Å². The summed E-state index contributed by atoms with van der Waals surface area (Å²) >= 11 is 0. The first-order chi connectivity index (χ1) is 14.5. The fourth-order valence-electron chi connectivity index (χ4n) is 3.31. The van der Waals surface area contributed by atoms with Crippen molar-refractivity contribution < 1.29 is 39.2 Å². The molecule has 8 heteroatoms. The molecule has 0 saturated heterocycles. The minimum absolute atomic E-state index is 0.223. The second kappa shape index (κ2) is 15.8. The summed E-state index contributed by atoms with van der Waals surface area (Å²) in [6.07, 6.45) is 5.98. The van der Waals surface area contributed by atoms with Gasteiger partial charge in [0.15, 0.2) is 17.5 Å². The van der Waals surface area contributed by atoms with Crippen LogP contribution in [0.4, 0.5) is 0 Å². The fourth-order valence-corrected chi connectivity index (χ4v) is 3.31. The Kier molecular flexibility index (Phi) is 14.8. The van der Waals surface area contributed by atoms with Gasteiger partial charge in [0.25, 0.3) is 0 Å². The number of aliphatic carboxylic acids is 2. The molecule has 0 amide bonds. The molecular weight excluding hydrogens is 404 g/mol. The smallest absolute Gasteiger partial charge is 0.336 e. The molecule has 8 nitrogen and oxygen atoms in total. The van der Waals surface area contributed by atoms with E-state index in [0.29, 0.717) is 25.2 Å². The molecular formula is C23H40O8. The zero-order chi connectivity index (χ0) is 23.9. The van der Waals surface area contributed by atoms with E-state index in [9.17, 15) is 24.3 Å². The van der Waals surface area contributed by atoms with Crippen LogP contribution < -0.4 is 0 Å². The number of ketones is 1. The Morgan fingerprint density at radius 2 is 1.42 bits per heavy atom. The molecule has 0 aromatic heterocycles. The van der Waals surface area contributed by atoms with E-state index in [1.54, 1.807) is 0 Å². The van der Waals surface area contributed by atoms with Crippen LogP contribution >= 0.6 is 0 Å². The van der Waals surface area contributed by atoms with Crippen molar-refractivity contribution in [1.29, 1.82) is 0 Å². The fraction of sp³-hybridized carbons (Fsp3) is 0.826. The first-order valence-corrected chi connectivity index (χ1v) is 11.4. The third-order valence-corrected chi connectivity index (χ3v) is 5.19. The molecule has 0 saturated carbocycles. The minimum atomic E-state index is -2.77. The normalized spacial score (nSPS) is 14.1. The molecule has 0 aliphatic carbocycles. The highest BCUT2D eigenvalue weighted by atomic mass is 16.5. The lowest BCUT2D eigenvalue weighted by atomic mass is 9.95. The maximum atomic E-state index is 12.5. The summed E-state index contributed by atoms with van der Waals surface area (Å²) in [5, 5.41) is 27.9. The highest BCUT2D eigenvalue weighted by Crippen LogP contribution is 2.20. The number of carboxylic acid groups (broad SMARTS) is 2. The Morgan fingerprint density at radius 1 is 0.839 bits per heavy atom. The van der Waals surface area contributed by atoms with Gasteiger partial charge in [-0.15, -0.1) is 0 Å². The van der Waals surface area contributed by atoms with E-state index < -0.39 is 42.5 Å². The molecule has 0 aromatic carbocycles. The third-order valence-electron chi connectivity index (χ3n) is 5.19. The van der Waals surface area contributed by atoms with Crippen molar-refractivity contribution in [3.8, 4) is 0 Å². The van der Waals surface area contributed by atoms with Gasteiger partial charge < -0.3 is 20.1 Å². The van der Waals surface area contributed by atoms with E-state index in [0.717, 1.165) is 38.5 Å². The number of ether oxygens (including phenoxy) is 1. The Morgan fingerprint density at radius 3 is 1.94 bits per heavy atom. The molecule has 2 unspecified atom stereocenters. The molecule has 0 rings (SSSR count). The van der Waals surface area contributed by atoms with Crippen LogP contribution in [0.15, 0.2) is 0 Å². The highest BCUT2D eigenvalue weighted by molar-refractivity contribution is 5.90. The van der Waals surface area contributed by atoms with Crippen molar-refractivity contribution in [3.05, 3.63) is 0 Å². The van der Waals surface area contributed by atoms with Crippen molar-refractivity contribution in [2.75, 3.05) is 0 Å². The zero-order valence-corrected chi connectivity index (χ0v) is 19.2.